The fourth-order valence-electron chi connectivity index (χ4n) is 3.20. The third-order valence-electron chi connectivity index (χ3n) is 4.55. The maximum absolute atomic E-state index is 12.9. The molecule has 0 amide bonds. The summed E-state index contributed by atoms with van der Waals surface area (Å²) in [4.78, 5) is 0.0343. The fraction of sp³-hybridized carbons (Fsp3) is 0.571. The molecule has 1 aliphatic carbocycles. The molecule has 0 radical (unpaired) electrons. The van der Waals surface area contributed by atoms with Crippen LogP contribution in [0, 0.1) is 11.8 Å². The van der Waals surface area contributed by atoms with Gasteiger partial charge >= 0.3 is 0 Å². The fourth-order valence-corrected chi connectivity index (χ4v) is 5.12. The van der Waals surface area contributed by atoms with E-state index < -0.39 is 16.1 Å². The van der Waals surface area contributed by atoms with Crippen molar-refractivity contribution in [1.29, 1.82) is 0 Å². The van der Waals surface area contributed by atoms with E-state index >= 15 is 0 Å². The standard InChI is InChI=1S/C14H18ClNO5S/c1-20-12-5-14(13(21-2)4-10(12)15)22(18,19)16-6-8-3-11(17)9(8)7-16/h4-5,8-9,11,17H,3,6-7H2,1-2H3/t8-,9+,11-/m1/s1. The van der Waals surface area contributed by atoms with Gasteiger partial charge in [0.2, 0.25) is 10.0 Å². The van der Waals surface area contributed by atoms with Gasteiger partial charge in [-0.15, -0.1) is 0 Å². The monoisotopic (exact) mass is 347 g/mol. The Morgan fingerprint density at radius 1 is 1.23 bits per heavy atom. The van der Waals surface area contributed by atoms with Crippen LogP contribution >= 0.6 is 11.6 Å². The summed E-state index contributed by atoms with van der Waals surface area (Å²) < 4.78 is 37.4. The van der Waals surface area contributed by atoms with Crippen molar-refractivity contribution >= 4 is 21.6 Å². The van der Waals surface area contributed by atoms with E-state index in [0.717, 1.165) is 0 Å². The van der Waals surface area contributed by atoms with E-state index in [1.165, 1.54) is 30.7 Å². The number of nitrogens with zero attached hydrogens (tertiary/aromatic N) is 1. The number of sulfonamides is 1. The Morgan fingerprint density at radius 2 is 1.91 bits per heavy atom. The molecule has 3 atom stereocenters. The third kappa shape index (κ3) is 2.36. The summed E-state index contributed by atoms with van der Waals surface area (Å²) in [5, 5.41) is 10.00. The quantitative estimate of drug-likeness (QED) is 0.890. The molecule has 2 fully saturated rings. The Kier molecular flexibility index (Phi) is 4.01. The van der Waals surface area contributed by atoms with Gasteiger partial charge in [0.1, 0.15) is 16.4 Å². The van der Waals surface area contributed by atoms with Crippen molar-refractivity contribution in [3.05, 3.63) is 17.2 Å². The highest BCUT2D eigenvalue weighted by molar-refractivity contribution is 7.89. The van der Waals surface area contributed by atoms with Crippen LogP contribution in [0.1, 0.15) is 6.42 Å². The Labute approximate surface area is 134 Å². The van der Waals surface area contributed by atoms with Crippen molar-refractivity contribution in [3.63, 3.8) is 0 Å². The predicted molar refractivity (Wildman–Crippen MR) is 80.9 cm³/mol. The van der Waals surface area contributed by atoms with Crippen LogP contribution in [-0.2, 0) is 10.0 Å². The molecule has 8 heteroatoms. The number of hydrogen-bond acceptors (Lipinski definition) is 5. The van der Waals surface area contributed by atoms with Gasteiger partial charge in [-0.2, -0.15) is 4.31 Å². The molecule has 1 saturated heterocycles. The molecule has 1 aromatic rings. The lowest BCUT2D eigenvalue weighted by Crippen LogP contribution is -2.39. The Bertz CT molecular complexity index is 693. The average molecular weight is 348 g/mol. The average Bonchev–Trinajstić information content (AvgIpc) is 2.84. The largest absolute Gasteiger partial charge is 0.495 e. The van der Waals surface area contributed by atoms with E-state index in [1.54, 1.807) is 0 Å². The van der Waals surface area contributed by atoms with Crippen LogP contribution in [0.4, 0.5) is 0 Å². The number of rotatable bonds is 4. The predicted octanol–water partition coefficient (Wildman–Crippen LogP) is 1.36. The Morgan fingerprint density at radius 3 is 2.45 bits per heavy atom. The van der Waals surface area contributed by atoms with Crippen molar-refractivity contribution in [3.8, 4) is 11.5 Å². The maximum atomic E-state index is 12.9. The SMILES string of the molecule is COc1cc(S(=O)(=O)N2C[C@H]3C[C@@H](O)[C@H]3C2)c(OC)cc1Cl. The smallest absolute Gasteiger partial charge is 0.246 e. The van der Waals surface area contributed by atoms with Crippen LogP contribution < -0.4 is 9.47 Å². The summed E-state index contributed by atoms with van der Waals surface area (Å²) in [6.45, 7) is 0.764. The molecular weight excluding hydrogens is 330 g/mol. The molecule has 22 heavy (non-hydrogen) atoms. The van der Waals surface area contributed by atoms with Crippen LogP contribution in [-0.4, -0.2) is 51.2 Å². The maximum Gasteiger partial charge on any atom is 0.246 e. The van der Waals surface area contributed by atoms with E-state index in [9.17, 15) is 13.5 Å². The van der Waals surface area contributed by atoms with E-state index in [0.29, 0.717) is 19.5 Å². The molecule has 0 aromatic heterocycles. The first-order chi connectivity index (χ1) is 10.4. The lowest BCUT2D eigenvalue weighted by Gasteiger charge is -2.34. The van der Waals surface area contributed by atoms with E-state index in [4.69, 9.17) is 21.1 Å². The molecule has 1 heterocycles. The van der Waals surface area contributed by atoms with Crippen LogP contribution in [0.25, 0.3) is 0 Å². The van der Waals surface area contributed by atoms with Crippen LogP contribution in [0.15, 0.2) is 17.0 Å². The van der Waals surface area contributed by atoms with Gasteiger partial charge in [0, 0.05) is 31.1 Å². The zero-order valence-electron chi connectivity index (χ0n) is 12.3. The Hall–Kier alpha value is -1.02. The number of benzene rings is 1. The summed E-state index contributed by atoms with van der Waals surface area (Å²) in [7, 11) is -0.897. The first kappa shape index (κ1) is 15.9. The van der Waals surface area contributed by atoms with Crippen LogP contribution in [0.2, 0.25) is 5.02 Å². The minimum atomic E-state index is -3.72. The topological polar surface area (TPSA) is 76.1 Å². The third-order valence-corrected chi connectivity index (χ3v) is 6.70. The number of hydrogen-bond donors (Lipinski definition) is 1. The molecule has 2 aliphatic rings. The van der Waals surface area contributed by atoms with Gasteiger partial charge in [0.25, 0.3) is 0 Å². The second kappa shape index (κ2) is 5.56. The summed E-state index contributed by atoms with van der Waals surface area (Å²) in [5.74, 6) is 0.744. The highest BCUT2D eigenvalue weighted by Crippen LogP contribution is 2.44. The van der Waals surface area contributed by atoms with Crippen LogP contribution in [0.5, 0.6) is 11.5 Å². The highest BCUT2D eigenvalue weighted by atomic mass is 35.5. The normalized spacial score (nSPS) is 28.1. The first-order valence-electron chi connectivity index (χ1n) is 6.98. The number of halogens is 1. The number of aliphatic hydroxyl groups is 1. The zero-order chi connectivity index (χ0) is 16.1. The van der Waals surface area contributed by atoms with Gasteiger partial charge in [-0.3, -0.25) is 0 Å². The highest BCUT2D eigenvalue weighted by Gasteiger charge is 2.50. The van der Waals surface area contributed by atoms with Crippen molar-refractivity contribution in [1.82, 2.24) is 4.31 Å². The summed E-state index contributed by atoms with van der Waals surface area (Å²) in [5.41, 5.74) is 0. The molecule has 1 aliphatic heterocycles. The molecule has 1 aromatic carbocycles. The lowest BCUT2D eigenvalue weighted by molar-refractivity contribution is -0.00416. The lowest BCUT2D eigenvalue weighted by atomic mass is 9.74. The number of ether oxygens (including phenoxy) is 2. The van der Waals surface area contributed by atoms with Crippen molar-refractivity contribution < 1.29 is 23.0 Å². The van der Waals surface area contributed by atoms with Gasteiger partial charge in [0.15, 0.2) is 0 Å². The van der Waals surface area contributed by atoms with Crippen LogP contribution in [0.3, 0.4) is 0 Å². The molecule has 1 N–H and O–H groups in total. The minimum absolute atomic E-state index is 0.0343. The van der Waals surface area contributed by atoms with Gasteiger partial charge in [0.05, 0.1) is 25.3 Å². The number of methoxy groups -OCH3 is 2. The van der Waals surface area contributed by atoms with Gasteiger partial charge in [-0.1, -0.05) is 11.6 Å². The molecule has 0 bridgehead atoms. The van der Waals surface area contributed by atoms with E-state index in [-0.39, 0.29) is 33.3 Å². The van der Waals surface area contributed by atoms with Crippen molar-refractivity contribution in [2.45, 2.75) is 17.4 Å². The molecular formula is C14H18ClNO5S. The summed E-state index contributed by atoms with van der Waals surface area (Å²) in [6, 6.07) is 2.82. The first-order valence-corrected chi connectivity index (χ1v) is 8.80. The zero-order valence-corrected chi connectivity index (χ0v) is 13.9. The van der Waals surface area contributed by atoms with Crippen molar-refractivity contribution in [2.75, 3.05) is 27.3 Å². The van der Waals surface area contributed by atoms with Gasteiger partial charge in [-0.05, 0) is 12.3 Å². The molecule has 122 valence electrons. The van der Waals surface area contributed by atoms with E-state index in [1.807, 2.05) is 0 Å². The molecule has 6 nitrogen and oxygen atoms in total. The number of fused-ring (bicyclic) bond motifs is 1. The summed E-state index contributed by atoms with van der Waals surface area (Å²) >= 11 is 6.02. The Balaban J connectivity index is 1.98. The number of aliphatic hydroxyl groups excluding tert-OH is 1. The van der Waals surface area contributed by atoms with Gasteiger partial charge in [-0.25, -0.2) is 8.42 Å². The molecule has 1 saturated carbocycles. The second-order valence-electron chi connectivity index (χ2n) is 5.69. The second-order valence-corrected chi connectivity index (χ2v) is 8.00. The summed E-state index contributed by atoms with van der Waals surface area (Å²) in [6.07, 6.45) is 0.268. The molecule has 0 unspecified atom stereocenters. The molecule has 0 spiro atoms. The van der Waals surface area contributed by atoms with Gasteiger partial charge < -0.3 is 14.6 Å². The van der Waals surface area contributed by atoms with Crippen molar-refractivity contribution in [2.24, 2.45) is 11.8 Å². The minimum Gasteiger partial charge on any atom is -0.495 e. The molecule has 3 rings (SSSR count). The van der Waals surface area contributed by atoms with E-state index in [2.05, 4.69) is 0 Å².